The van der Waals surface area contributed by atoms with E-state index in [0.717, 1.165) is 4.47 Å². The minimum atomic E-state index is -1.07. The lowest BCUT2D eigenvalue weighted by atomic mass is 10.3. The smallest absolute Gasteiger partial charge is 0.317 e. The van der Waals surface area contributed by atoms with Gasteiger partial charge in [-0.2, -0.15) is 0 Å². The van der Waals surface area contributed by atoms with Crippen LogP contribution < -0.4 is 4.74 Å². The Morgan fingerprint density at radius 1 is 1.21 bits per heavy atom. The van der Waals surface area contributed by atoms with E-state index >= 15 is 0 Å². The molecule has 2 N–H and O–H groups in total. The average Bonchev–Trinajstić information content (AvgIpc) is 2.27. The summed E-state index contributed by atoms with van der Waals surface area (Å²) in [5.74, 6) is -1.49. The Bertz CT molecular complexity index is 436. The number of carboxylic acid groups (broad SMARTS) is 2. The van der Waals surface area contributed by atoms with Crippen molar-refractivity contribution in [2.24, 2.45) is 0 Å². The predicted octanol–water partition coefficient (Wildman–Crippen LogP) is 1.30. The van der Waals surface area contributed by atoms with E-state index in [-0.39, 0.29) is 26.2 Å². The molecule has 1 rings (SSSR count). The van der Waals surface area contributed by atoms with Crippen molar-refractivity contribution in [1.29, 1.82) is 0 Å². The van der Waals surface area contributed by atoms with E-state index in [2.05, 4.69) is 15.9 Å². The second-order valence-electron chi connectivity index (χ2n) is 3.80. The molecule has 0 unspecified atom stereocenters. The van der Waals surface area contributed by atoms with Crippen molar-refractivity contribution in [3.63, 3.8) is 0 Å². The van der Waals surface area contributed by atoms with Crippen molar-refractivity contribution < 1.29 is 24.5 Å². The van der Waals surface area contributed by atoms with E-state index < -0.39 is 11.9 Å². The van der Waals surface area contributed by atoms with Crippen LogP contribution in [0.1, 0.15) is 0 Å². The number of nitrogens with zero attached hydrogens (tertiary/aromatic N) is 1. The standard InChI is InChI=1S/C12H14BrNO5/c13-9-2-1-3-10(6-9)19-5-4-14(7-11(15)16)8-12(17)18/h1-3,6H,4-5,7-8H2,(H,15,16)(H,17,18). The molecule has 0 amide bonds. The summed E-state index contributed by atoms with van der Waals surface area (Å²) in [6.07, 6.45) is 0. The molecule has 0 fully saturated rings. The summed E-state index contributed by atoms with van der Waals surface area (Å²) in [4.78, 5) is 22.5. The van der Waals surface area contributed by atoms with Gasteiger partial charge in [0.25, 0.3) is 0 Å². The fraction of sp³-hybridized carbons (Fsp3) is 0.333. The van der Waals surface area contributed by atoms with Crippen LogP contribution in [0.25, 0.3) is 0 Å². The Kier molecular flexibility index (Phi) is 6.31. The first-order valence-corrected chi connectivity index (χ1v) is 6.31. The monoisotopic (exact) mass is 331 g/mol. The fourth-order valence-electron chi connectivity index (χ4n) is 1.45. The summed E-state index contributed by atoms with van der Waals surface area (Å²) in [5.41, 5.74) is 0. The maximum atomic E-state index is 10.6. The van der Waals surface area contributed by atoms with E-state index in [9.17, 15) is 9.59 Å². The Labute approximate surface area is 118 Å². The third kappa shape index (κ3) is 6.78. The molecule has 0 saturated carbocycles. The van der Waals surface area contributed by atoms with Gasteiger partial charge in [-0.3, -0.25) is 14.5 Å². The fourth-order valence-corrected chi connectivity index (χ4v) is 1.82. The van der Waals surface area contributed by atoms with Gasteiger partial charge in [-0.1, -0.05) is 22.0 Å². The Balaban J connectivity index is 2.43. The van der Waals surface area contributed by atoms with Crippen LogP contribution in [0.2, 0.25) is 0 Å². The highest BCUT2D eigenvalue weighted by molar-refractivity contribution is 9.10. The van der Waals surface area contributed by atoms with Crippen molar-refractivity contribution in [1.82, 2.24) is 4.90 Å². The summed E-state index contributed by atoms with van der Waals surface area (Å²) >= 11 is 3.30. The SMILES string of the molecule is O=C(O)CN(CCOc1cccc(Br)c1)CC(=O)O. The van der Waals surface area contributed by atoms with Crippen LogP contribution in [-0.4, -0.2) is 53.3 Å². The summed E-state index contributed by atoms with van der Waals surface area (Å²) in [5, 5.41) is 17.3. The lowest BCUT2D eigenvalue weighted by molar-refractivity contribution is -0.141. The molecule has 0 atom stereocenters. The molecule has 0 aliphatic heterocycles. The molecule has 0 aliphatic carbocycles. The molecule has 0 aromatic heterocycles. The van der Waals surface area contributed by atoms with Crippen LogP contribution in [0.4, 0.5) is 0 Å². The van der Waals surface area contributed by atoms with E-state index in [1.165, 1.54) is 4.90 Å². The van der Waals surface area contributed by atoms with Gasteiger partial charge in [-0.05, 0) is 18.2 Å². The normalized spacial score (nSPS) is 10.4. The highest BCUT2D eigenvalue weighted by Gasteiger charge is 2.13. The molecular formula is C12H14BrNO5. The Morgan fingerprint density at radius 3 is 2.37 bits per heavy atom. The topological polar surface area (TPSA) is 87.1 Å². The highest BCUT2D eigenvalue weighted by atomic mass is 79.9. The molecule has 104 valence electrons. The average molecular weight is 332 g/mol. The molecule has 7 heteroatoms. The molecule has 0 radical (unpaired) electrons. The highest BCUT2D eigenvalue weighted by Crippen LogP contribution is 2.17. The van der Waals surface area contributed by atoms with Gasteiger partial charge >= 0.3 is 11.9 Å². The first-order chi connectivity index (χ1) is 8.97. The first-order valence-electron chi connectivity index (χ1n) is 5.51. The molecule has 0 heterocycles. The third-order valence-corrected chi connectivity index (χ3v) is 2.68. The quantitative estimate of drug-likeness (QED) is 0.746. The van der Waals surface area contributed by atoms with Gasteiger partial charge in [0.2, 0.25) is 0 Å². The number of carbonyl (C=O) groups is 2. The molecule has 1 aromatic rings. The van der Waals surface area contributed by atoms with Crippen LogP contribution in [-0.2, 0) is 9.59 Å². The van der Waals surface area contributed by atoms with E-state index in [4.69, 9.17) is 14.9 Å². The molecule has 0 spiro atoms. The zero-order valence-electron chi connectivity index (χ0n) is 10.1. The molecule has 0 saturated heterocycles. The minimum Gasteiger partial charge on any atom is -0.492 e. The number of aliphatic carboxylic acids is 2. The van der Waals surface area contributed by atoms with Crippen molar-refractivity contribution >= 4 is 27.9 Å². The summed E-state index contributed by atoms with van der Waals surface area (Å²) in [6.45, 7) is -0.204. The van der Waals surface area contributed by atoms with Gasteiger partial charge in [-0.25, -0.2) is 0 Å². The van der Waals surface area contributed by atoms with Gasteiger partial charge in [0.1, 0.15) is 12.4 Å². The van der Waals surface area contributed by atoms with E-state index in [0.29, 0.717) is 5.75 Å². The number of carboxylic acids is 2. The van der Waals surface area contributed by atoms with Gasteiger partial charge in [0.05, 0.1) is 13.1 Å². The maximum absolute atomic E-state index is 10.6. The number of halogens is 1. The second kappa shape index (κ2) is 7.75. The van der Waals surface area contributed by atoms with Crippen LogP contribution >= 0.6 is 15.9 Å². The first kappa shape index (κ1) is 15.5. The van der Waals surface area contributed by atoms with E-state index in [1.54, 1.807) is 12.1 Å². The van der Waals surface area contributed by atoms with Gasteiger partial charge in [0, 0.05) is 11.0 Å². The molecule has 19 heavy (non-hydrogen) atoms. The van der Waals surface area contributed by atoms with Gasteiger partial charge < -0.3 is 14.9 Å². The molecule has 1 aromatic carbocycles. The number of rotatable bonds is 8. The Morgan fingerprint density at radius 2 is 1.84 bits per heavy atom. The van der Waals surface area contributed by atoms with Crippen molar-refractivity contribution in [2.45, 2.75) is 0 Å². The zero-order valence-corrected chi connectivity index (χ0v) is 11.7. The van der Waals surface area contributed by atoms with Gasteiger partial charge in [-0.15, -0.1) is 0 Å². The van der Waals surface area contributed by atoms with Crippen LogP contribution in [0, 0.1) is 0 Å². The van der Waals surface area contributed by atoms with Crippen molar-refractivity contribution in [2.75, 3.05) is 26.2 Å². The number of hydrogen-bond acceptors (Lipinski definition) is 4. The third-order valence-electron chi connectivity index (χ3n) is 2.19. The number of benzene rings is 1. The molecule has 0 bridgehead atoms. The predicted molar refractivity (Wildman–Crippen MR) is 71.3 cm³/mol. The molecular weight excluding hydrogens is 318 g/mol. The summed E-state index contributed by atoms with van der Waals surface area (Å²) in [7, 11) is 0. The van der Waals surface area contributed by atoms with Gasteiger partial charge in [0.15, 0.2) is 0 Å². The van der Waals surface area contributed by atoms with Crippen LogP contribution in [0.5, 0.6) is 5.75 Å². The van der Waals surface area contributed by atoms with E-state index in [1.807, 2.05) is 12.1 Å². The lowest BCUT2D eigenvalue weighted by Crippen LogP contribution is -2.37. The van der Waals surface area contributed by atoms with Crippen molar-refractivity contribution in [3.8, 4) is 5.75 Å². The summed E-state index contributed by atoms with van der Waals surface area (Å²) in [6, 6.07) is 7.21. The zero-order chi connectivity index (χ0) is 14.3. The maximum Gasteiger partial charge on any atom is 0.317 e. The second-order valence-corrected chi connectivity index (χ2v) is 4.72. The summed E-state index contributed by atoms with van der Waals surface area (Å²) < 4.78 is 6.30. The molecule has 6 nitrogen and oxygen atoms in total. The number of hydrogen-bond donors (Lipinski definition) is 2. The Hall–Kier alpha value is -1.60. The van der Waals surface area contributed by atoms with Crippen LogP contribution in [0.3, 0.4) is 0 Å². The minimum absolute atomic E-state index is 0.219. The lowest BCUT2D eigenvalue weighted by Gasteiger charge is -2.18. The van der Waals surface area contributed by atoms with Crippen LogP contribution in [0.15, 0.2) is 28.7 Å². The largest absolute Gasteiger partial charge is 0.492 e. The molecule has 0 aliphatic rings. The number of ether oxygens (including phenoxy) is 1. The van der Waals surface area contributed by atoms with Crippen molar-refractivity contribution in [3.05, 3.63) is 28.7 Å².